The first-order valence-corrected chi connectivity index (χ1v) is 6.80. The van der Waals surface area contributed by atoms with Crippen molar-refractivity contribution in [3.63, 3.8) is 0 Å². The van der Waals surface area contributed by atoms with Gasteiger partial charge in [0.1, 0.15) is 17.9 Å². The van der Waals surface area contributed by atoms with E-state index in [1.807, 2.05) is 12.3 Å². The third kappa shape index (κ3) is 3.08. The van der Waals surface area contributed by atoms with Crippen molar-refractivity contribution in [3.05, 3.63) is 44.3 Å². The first-order chi connectivity index (χ1) is 8.56. The molecule has 1 aromatic carbocycles. The van der Waals surface area contributed by atoms with E-state index in [2.05, 4.69) is 20.9 Å². The Bertz CT molecular complexity index is 582. The lowest BCUT2D eigenvalue weighted by Gasteiger charge is -2.08. The number of aromatic carboxylic acids is 1. The number of carboxylic acid groups (broad SMARTS) is 1. The minimum atomic E-state index is -1.01. The zero-order valence-corrected chi connectivity index (χ0v) is 11.9. The molecule has 0 unspecified atom stereocenters. The monoisotopic (exact) mass is 327 g/mol. The molecule has 0 amide bonds. The summed E-state index contributed by atoms with van der Waals surface area (Å²) in [6, 6.07) is 4.89. The van der Waals surface area contributed by atoms with Crippen LogP contribution in [0.25, 0.3) is 0 Å². The van der Waals surface area contributed by atoms with Gasteiger partial charge in [-0.3, -0.25) is 0 Å². The van der Waals surface area contributed by atoms with Crippen molar-refractivity contribution in [3.8, 4) is 5.75 Å². The van der Waals surface area contributed by atoms with Crippen molar-refractivity contribution in [1.29, 1.82) is 0 Å². The van der Waals surface area contributed by atoms with Gasteiger partial charge >= 0.3 is 5.97 Å². The highest BCUT2D eigenvalue weighted by atomic mass is 79.9. The summed E-state index contributed by atoms with van der Waals surface area (Å²) in [7, 11) is 0. The summed E-state index contributed by atoms with van der Waals surface area (Å²) >= 11 is 4.77. The molecule has 2 rings (SSSR count). The third-order valence-corrected chi connectivity index (χ3v) is 3.53. The second-order valence-corrected chi connectivity index (χ2v) is 5.57. The molecular weight excluding hydrogens is 318 g/mol. The summed E-state index contributed by atoms with van der Waals surface area (Å²) in [6.45, 7) is 2.18. The van der Waals surface area contributed by atoms with Gasteiger partial charge in [-0.2, -0.15) is 0 Å². The highest BCUT2D eigenvalue weighted by molar-refractivity contribution is 9.10. The van der Waals surface area contributed by atoms with Crippen LogP contribution in [0.5, 0.6) is 5.75 Å². The lowest BCUT2D eigenvalue weighted by molar-refractivity contribution is 0.0691. The molecule has 0 radical (unpaired) electrons. The number of ether oxygens (including phenoxy) is 1. The maximum atomic E-state index is 11.1. The summed E-state index contributed by atoms with van der Waals surface area (Å²) in [4.78, 5) is 15.3. The van der Waals surface area contributed by atoms with Crippen LogP contribution in [0.1, 0.15) is 21.1 Å². The predicted molar refractivity (Wildman–Crippen MR) is 72.3 cm³/mol. The third-order valence-electron chi connectivity index (χ3n) is 2.21. The number of benzene rings is 1. The molecule has 6 heteroatoms. The van der Waals surface area contributed by atoms with Crippen LogP contribution in [0.2, 0.25) is 0 Å². The Balaban J connectivity index is 2.16. The standard InChI is InChI=1S/C12H10BrNO3S/c1-7-14-9(6-18-7)5-17-11-3-2-8(13)4-10(11)12(15)16/h2-4,6H,5H2,1H3,(H,15,16). The highest BCUT2D eigenvalue weighted by Crippen LogP contribution is 2.24. The normalized spacial score (nSPS) is 10.3. The molecule has 0 aliphatic carbocycles. The Morgan fingerprint density at radius 2 is 2.33 bits per heavy atom. The molecular formula is C12H10BrNO3S. The van der Waals surface area contributed by atoms with Crippen LogP contribution in [0.4, 0.5) is 0 Å². The second kappa shape index (κ2) is 5.49. The van der Waals surface area contributed by atoms with Crippen LogP contribution >= 0.6 is 27.3 Å². The van der Waals surface area contributed by atoms with Gasteiger partial charge in [-0.05, 0) is 25.1 Å². The van der Waals surface area contributed by atoms with Crippen LogP contribution < -0.4 is 4.74 Å². The summed E-state index contributed by atoms with van der Waals surface area (Å²) < 4.78 is 6.20. The number of carboxylic acids is 1. The fourth-order valence-electron chi connectivity index (χ4n) is 1.42. The number of aryl methyl sites for hydroxylation is 1. The first kappa shape index (κ1) is 13.0. The summed E-state index contributed by atoms with van der Waals surface area (Å²) in [5.74, 6) is -0.669. The average Bonchev–Trinajstić information content (AvgIpc) is 2.73. The van der Waals surface area contributed by atoms with Gasteiger partial charge in [-0.15, -0.1) is 11.3 Å². The quantitative estimate of drug-likeness (QED) is 0.933. The minimum Gasteiger partial charge on any atom is -0.486 e. The zero-order valence-electron chi connectivity index (χ0n) is 9.51. The average molecular weight is 328 g/mol. The van der Waals surface area contributed by atoms with E-state index < -0.39 is 5.97 Å². The molecule has 94 valence electrons. The van der Waals surface area contributed by atoms with E-state index >= 15 is 0 Å². The molecule has 4 nitrogen and oxygen atoms in total. The topological polar surface area (TPSA) is 59.4 Å². The Morgan fingerprint density at radius 3 is 2.94 bits per heavy atom. The Kier molecular flexibility index (Phi) is 3.98. The van der Waals surface area contributed by atoms with E-state index in [1.165, 1.54) is 17.4 Å². The fraction of sp³-hybridized carbons (Fsp3) is 0.167. The first-order valence-electron chi connectivity index (χ1n) is 5.13. The van der Waals surface area contributed by atoms with Crippen LogP contribution in [0, 0.1) is 6.92 Å². The summed E-state index contributed by atoms with van der Waals surface area (Å²) in [5.41, 5.74) is 0.938. The molecule has 0 fully saturated rings. The molecule has 0 spiro atoms. The van der Waals surface area contributed by atoms with Crippen LogP contribution in [0.15, 0.2) is 28.1 Å². The van der Waals surface area contributed by atoms with E-state index in [-0.39, 0.29) is 12.2 Å². The van der Waals surface area contributed by atoms with Crippen molar-refractivity contribution in [2.45, 2.75) is 13.5 Å². The van der Waals surface area contributed by atoms with E-state index in [4.69, 9.17) is 9.84 Å². The molecule has 0 aliphatic heterocycles. The number of hydrogen-bond donors (Lipinski definition) is 1. The maximum Gasteiger partial charge on any atom is 0.339 e. The largest absolute Gasteiger partial charge is 0.486 e. The van der Waals surface area contributed by atoms with Crippen molar-refractivity contribution in [2.75, 3.05) is 0 Å². The Labute approximate surface area is 116 Å². The van der Waals surface area contributed by atoms with Gasteiger partial charge in [-0.25, -0.2) is 9.78 Å². The van der Waals surface area contributed by atoms with Gasteiger partial charge < -0.3 is 9.84 Å². The van der Waals surface area contributed by atoms with Gasteiger partial charge in [0.2, 0.25) is 0 Å². The fourth-order valence-corrected chi connectivity index (χ4v) is 2.38. The van der Waals surface area contributed by atoms with Crippen molar-refractivity contribution in [1.82, 2.24) is 4.98 Å². The molecule has 0 saturated heterocycles. The van der Waals surface area contributed by atoms with Crippen LogP contribution in [-0.2, 0) is 6.61 Å². The van der Waals surface area contributed by atoms with E-state index in [0.29, 0.717) is 10.2 Å². The predicted octanol–water partition coefficient (Wildman–Crippen LogP) is 3.49. The lowest BCUT2D eigenvalue weighted by Crippen LogP contribution is -2.03. The highest BCUT2D eigenvalue weighted by Gasteiger charge is 2.12. The summed E-state index contributed by atoms with van der Waals surface area (Å²) in [6.07, 6.45) is 0. The number of carbonyl (C=O) groups is 1. The van der Waals surface area contributed by atoms with Crippen molar-refractivity contribution >= 4 is 33.2 Å². The van der Waals surface area contributed by atoms with E-state index in [0.717, 1.165) is 10.7 Å². The van der Waals surface area contributed by atoms with Crippen LogP contribution in [-0.4, -0.2) is 16.1 Å². The number of aromatic nitrogens is 1. The van der Waals surface area contributed by atoms with Gasteiger partial charge in [0, 0.05) is 9.85 Å². The maximum absolute atomic E-state index is 11.1. The minimum absolute atomic E-state index is 0.135. The van der Waals surface area contributed by atoms with Gasteiger partial charge in [0.15, 0.2) is 0 Å². The van der Waals surface area contributed by atoms with E-state index in [9.17, 15) is 4.79 Å². The molecule has 2 aromatic rings. The zero-order chi connectivity index (χ0) is 13.1. The molecule has 0 saturated carbocycles. The SMILES string of the molecule is Cc1nc(COc2ccc(Br)cc2C(=O)O)cs1. The number of halogens is 1. The number of thiazole rings is 1. The summed E-state index contributed by atoms with van der Waals surface area (Å²) in [5, 5.41) is 11.9. The smallest absolute Gasteiger partial charge is 0.339 e. The van der Waals surface area contributed by atoms with Gasteiger partial charge in [0.05, 0.1) is 10.7 Å². The second-order valence-electron chi connectivity index (χ2n) is 3.59. The number of rotatable bonds is 4. The molecule has 0 atom stereocenters. The molecule has 1 N–H and O–H groups in total. The van der Waals surface area contributed by atoms with Crippen molar-refractivity contribution < 1.29 is 14.6 Å². The Hall–Kier alpha value is -1.40. The number of nitrogens with zero attached hydrogens (tertiary/aromatic N) is 1. The molecule has 18 heavy (non-hydrogen) atoms. The lowest BCUT2D eigenvalue weighted by atomic mass is 10.2. The van der Waals surface area contributed by atoms with Crippen LogP contribution in [0.3, 0.4) is 0 Å². The molecule has 0 aliphatic rings. The Morgan fingerprint density at radius 1 is 1.56 bits per heavy atom. The molecule has 0 bridgehead atoms. The van der Waals surface area contributed by atoms with Gasteiger partial charge in [0.25, 0.3) is 0 Å². The van der Waals surface area contributed by atoms with E-state index in [1.54, 1.807) is 12.1 Å². The molecule has 1 aromatic heterocycles. The van der Waals surface area contributed by atoms with Gasteiger partial charge in [-0.1, -0.05) is 15.9 Å². The molecule has 1 heterocycles. The van der Waals surface area contributed by atoms with Crippen molar-refractivity contribution in [2.24, 2.45) is 0 Å². The number of hydrogen-bond acceptors (Lipinski definition) is 4.